The zero-order chi connectivity index (χ0) is 23.3. The van der Waals surface area contributed by atoms with Crippen LogP contribution in [0.3, 0.4) is 0 Å². The van der Waals surface area contributed by atoms with Crippen LogP contribution < -0.4 is 4.90 Å². The van der Waals surface area contributed by atoms with E-state index in [1.165, 1.54) is 23.5 Å². The zero-order valence-corrected chi connectivity index (χ0v) is 18.6. The van der Waals surface area contributed by atoms with Crippen LogP contribution in [0.1, 0.15) is 71.6 Å². The highest BCUT2D eigenvalue weighted by Crippen LogP contribution is 2.48. The summed E-state index contributed by atoms with van der Waals surface area (Å²) in [6.07, 6.45) is 0.779. The molecule has 1 aromatic carbocycles. The molecule has 0 bridgehead atoms. The number of allylic oxidation sites excluding steroid dienone is 2. The Kier molecular flexibility index (Phi) is 5.40. The molecule has 5 rings (SSSR count). The van der Waals surface area contributed by atoms with Crippen LogP contribution in [0.25, 0.3) is 0 Å². The van der Waals surface area contributed by atoms with Crippen LogP contribution in [0.2, 0.25) is 0 Å². The molecule has 4 nitrogen and oxygen atoms in total. The number of nitriles is 1. The number of carbonyl (C=O) groups is 2. The summed E-state index contributed by atoms with van der Waals surface area (Å²) in [5, 5.41) is 10.5. The predicted octanol–water partition coefficient (Wildman–Crippen LogP) is 6.04. The Labute approximate surface area is 193 Å². The molecule has 33 heavy (non-hydrogen) atoms. The Balaban J connectivity index is 1.62. The minimum Gasteiger partial charge on any atom is -0.294 e. The van der Waals surface area contributed by atoms with E-state index >= 15 is 0 Å². The van der Waals surface area contributed by atoms with Crippen molar-refractivity contribution in [1.29, 1.82) is 5.26 Å². The second-order valence-corrected chi connectivity index (χ2v) is 9.83. The first-order chi connectivity index (χ1) is 15.8. The van der Waals surface area contributed by atoms with Crippen LogP contribution in [0.15, 0.2) is 35.5 Å². The summed E-state index contributed by atoms with van der Waals surface area (Å²) in [6, 6.07) is 7.03. The second-order valence-electron chi connectivity index (χ2n) is 8.75. The average Bonchev–Trinajstić information content (AvgIpc) is 3.16. The molecular formula is C25H21F3N2O2S. The predicted molar refractivity (Wildman–Crippen MR) is 118 cm³/mol. The highest BCUT2D eigenvalue weighted by atomic mass is 32.1. The number of rotatable bonds is 2. The van der Waals surface area contributed by atoms with Crippen molar-refractivity contribution in [3.05, 3.63) is 62.7 Å². The van der Waals surface area contributed by atoms with Gasteiger partial charge in [-0.2, -0.15) is 18.4 Å². The Hall–Kier alpha value is -2.92. The van der Waals surface area contributed by atoms with Gasteiger partial charge in [0, 0.05) is 34.9 Å². The zero-order valence-electron chi connectivity index (χ0n) is 17.8. The molecule has 3 aliphatic rings. The lowest BCUT2D eigenvalue weighted by Gasteiger charge is -2.38. The van der Waals surface area contributed by atoms with Gasteiger partial charge in [-0.15, -0.1) is 11.3 Å². The van der Waals surface area contributed by atoms with Gasteiger partial charge in [0.05, 0.1) is 11.1 Å². The summed E-state index contributed by atoms with van der Waals surface area (Å²) in [6.45, 7) is 0. The van der Waals surface area contributed by atoms with Crippen LogP contribution in [-0.2, 0) is 28.6 Å². The van der Waals surface area contributed by atoms with E-state index in [1.807, 2.05) is 0 Å². The number of hydrogen-bond acceptors (Lipinski definition) is 4. The molecule has 8 heteroatoms. The first-order valence-electron chi connectivity index (χ1n) is 11.1. The summed E-state index contributed by atoms with van der Waals surface area (Å²) in [7, 11) is 0. The molecule has 1 aliphatic heterocycles. The number of halogens is 3. The number of benzene rings is 1. The minimum atomic E-state index is -4.45. The lowest BCUT2D eigenvalue weighted by atomic mass is 9.77. The largest absolute Gasteiger partial charge is 0.416 e. The van der Waals surface area contributed by atoms with Crippen molar-refractivity contribution in [2.75, 3.05) is 4.90 Å². The van der Waals surface area contributed by atoms with E-state index in [2.05, 4.69) is 6.07 Å². The van der Waals surface area contributed by atoms with Crippen molar-refractivity contribution in [2.45, 2.75) is 63.5 Å². The topological polar surface area (TPSA) is 61.2 Å². The number of ketones is 1. The van der Waals surface area contributed by atoms with E-state index in [1.54, 1.807) is 4.90 Å². The Morgan fingerprint density at radius 2 is 1.73 bits per heavy atom. The molecule has 0 N–H and O–H groups in total. The molecule has 1 unspecified atom stereocenters. The monoisotopic (exact) mass is 470 g/mol. The van der Waals surface area contributed by atoms with Crippen molar-refractivity contribution in [1.82, 2.24) is 0 Å². The standard InChI is InChI=1S/C25H21F3N2O2S/c26-25(27,28)15-10-8-14(9-11-15)17-12-22(32)30(19-5-3-6-20(31)23(17)19)24-18(13-29)16-4-1-2-7-21(16)33-24/h8-11,17H,1-7,12H2. The van der Waals surface area contributed by atoms with Gasteiger partial charge in [-0.3, -0.25) is 14.5 Å². The molecule has 2 heterocycles. The molecule has 170 valence electrons. The van der Waals surface area contributed by atoms with E-state index in [4.69, 9.17) is 0 Å². The van der Waals surface area contributed by atoms with Gasteiger partial charge in [0.2, 0.25) is 5.91 Å². The maximum Gasteiger partial charge on any atom is 0.416 e. The third-order valence-corrected chi connectivity index (χ3v) is 8.06. The van der Waals surface area contributed by atoms with Crippen molar-refractivity contribution in [3.63, 3.8) is 0 Å². The van der Waals surface area contributed by atoms with Gasteiger partial charge in [-0.1, -0.05) is 12.1 Å². The number of nitrogens with zero attached hydrogens (tertiary/aromatic N) is 2. The van der Waals surface area contributed by atoms with Crippen LogP contribution in [-0.4, -0.2) is 11.7 Å². The summed E-state index contributed by atoms with van der Waals surface area (Å²) in [4.78, 5) is 29.2. The molecule has 2 aliphatic carbocycles. The fourth-order valence-corrected chi connectivity index (χ4v) is 6.62. The van der Waals surface area contributed by atoms with E-state index < -0.39 is 17.7 Å². The lowest BCUT2D eigenvalue weighted by Crippen LogP contribution is -2.40. The summed E-state index contributed by atoms with van der Waals surface area (Å²) < 4.78 is 39.0. The Bertz CT molecular complexity index is 1220. The number of amides is 1. The van der Waals surface area contributed by atoms with Gasteiger partial charge >= 0.3 is 6.18 Å². The highest BCUT2D eigenvalue weighted by Gasteiger charge is 2.42. The van der Waals surface area contributed by atoms with Gasteiger partial charge in [-0.05, 0) is 61.8 Å². The number of fused-ring (bicyclic) bond motifs is 1. The number of hydrogen-bond donors (Lipinski definition) is 0. The van der Waals surface area contributed by atoms with E-state index in [0.717, 1.165) is 48.3 Å². The number of aryl methyl sites for hydroxylation is 1. The molecule has 0 radical (unpaired) electrons. The summed E-state index contributed by atoms with van der Waals surface area (Å²) in [5.41, 5.74) is 2.44. The molecular weight excluding hydrogens is 449 g/mol. The number of anilines is 1. The fourth-order valence-electron chi connectivity index (χ4n) is 5.24. The first kappa shape index (κ1) is 21.9. The van der Waals surface area contributed by atoms with Gasteiger partial charge in [-0.25, -0.2) is 0 Å². The second kappa shape index (κ2) is 8.14. The molecule has 0 saturated heterocycles. The molecule has 1 atom stereocenters. The van der Waals surface area contributed by atoms with Crippen LogP contribution >= 0.6 is 11.3 Å². The molecule has 0 saturated carbocycles. The summed E-state index contributed by atoms with van der Waals surface area (Å²) >= 11 is 1.47. The lowest BCUT2D eigenvalue weighted by molar-refractivity contribution is -0.137. The van der Waals surface area contributed by atoms with Crippen LogP contribution in [0, 0.1) is 11.3 Å². The molecule has 2 aromatic rings. The highest BCUT2D eigenvalue weighted by molar-refractivity contribution is 7.16. The molecule has 0 spiro atoms. The SMILES string of the molecule is N#Cc1c(N2C(=O)CC(c3ccc(C(F)(F)F)cc3)C3=C2CCCC3=O)sc2c1CCCC2. The first-order valence-corrected chi connectivity index (χ1v) is 11.9. The maximum atomic E-state index is 13.4. The summed E-state index contributed by atoms with van der Waals surface area (Å²) in [5.74, 6) is -0.860. The Morgan fingerprint density at radius 3 is 2.42 bits per heavy atom. The van der Waals surface area contributed by atoms with Gasteiger partial charge in [0.25, 0.3) is 0 Å². The number of thiophene rings is 1. The van der Waals surface area contributed by atoms with Crippen LogP contribution in [0.5, 0.6) is 0 Å². The minimum absolute atomic E-state index is 0.0105. The van der Waals surface area contributed by atoms with Gasteiger partial charge < -0.3 is 0 Å². The van der Waals surface area contributed by atoms with Crippen molar-refractivity contribution in [2.24, 2.45) is 0 Å². The Morgan fingerprint density at radius 1 is 1.00 bits per heavy atom. The van der Waals surface area contributed by atoms with Crippen LogP contribution in [0.4, 0.5) is 18.2 Å². The quantitative estimate of drug-likeness (QED) is 0.537. The maximum absolute atomic E-state index is 13.4. The van der Waals surface area contributed by atoms with Crippen molar-refractivity contribution >= 4 is 28.0 Å². The van der Waals surface area contributed by atoms with Crippen molar-refractivity contribution < 1.29 is 22.8 Å². The fraction of sp³-hybridized carbons (Fsp3) is 0.400. The third-order valence-electron chi connectivity index (χ3n) is 6.78. The molecule has 1 amide bonds. The third kappa shape index (κ3) is 3.68. The number of Topliss-reactive ketones (excluding diaryl/α,β-unsaturated/α-hetero) is 1. The molecule has 0 fully saturated rings. The van der Waals surface area contributed by atoms with Gasteiger partial charge in [0.15, 0.2) is 5.78 Å². The average molecular weight is 471 g/mol. The number of alkyl halides is 3. The van der Waals surface area contributed by atoms with Crippen molar-refractivity contribution in [3.8, 4) is 6.07 Å². The smallest absolute Gasteiger partial charge is 0.294 e. The number of carbonyl (C=O) groups excluding carboxylic acids is 2. The van der Waals surface area contributed by atoms with E-state index in [9.17, 15) is 28.0 Å². The van der Waals surface area contributed by atoms with Gasteiger partial charge in [0.1, 0.15) is 11.1 Å². The normalized spacial score (nSPS) is 21.0. The van der Waals surface area contributed by atoms with E-state index in [0.29, 0.717) is 46.7 Å². The molecule has 1 aromatic heterocycles. The van der Waals surface area contributed by atoms with E-state index in [-0.39, 0.29) is 18.1 Å².